The van der Waals surface area contributed by atoms with E-state index in [0.29, 0.717) is 0 Å². The lowest BCUT2D eigenvalue weighted by Gasteiger charge is -2.09. The van der Waals surface area contributed by atoms with E-state index in [-0.39, 0.29) is 30.4 Å². The van der Waals surface area contributed by atoms with Gasteiger partial charge in [-0.3, -0.25) is 10.1 Å². The molecule has 0 heterocycles. The van der Waals surface area contributed by atoms with Gasteiger partial charge >= 0.3 is 11.9 Å². The fourth-order valence-electron chi connectivity index (χ4n) is 1.39. The second-order valence-corrected chi connectivity index (χ2v) is 3.83. The number of carbonyl (C=O) groups is 2. The van der Waals surface area contributed by atoms with Crippen molar-refractivity contribution >= 4 is 17.6 Å². The quantitative estimate of drug-likeness (QED) is 0.249. The molecule has 118 valence electrons. The average Bonchev–Trinajstić information content (AvgIpc) is 2.47. The predicted molar refractivity (Wildman–Crippen MR) is 75.1 cm³/mol. The standard InChI is InChI=1S/C14H15NO7/c1-3-20-13(16)9-12(14(17)21-4-2)22-11-7-5-10(6-8-11)15(18)19/h5-9H,3-4H2,1-2H3. The Morgan fingerprint density at radius 3 is 2.23 bits per heavy atom. The third-order valence-electron chi connectivity index (χ3n) is 2.29. The number of non-ortho nitro benzene ring substituents is 1. The lowest BCUT2D eigenvalue weighted by atomic mass is 10.3. The summed E-state index contributed by atoms with van der Waals surface area (Å²) in [6, 6.07) is 5.03. The first-order valence-corrected chi connectivity index (χ1v) is 6.45. The molecule has 0 aliphatic heterocycles. The number of esters is 2. The van der Waals surface area contributed by atoms with E-state index in [1.54, 1.807) is 13.8 Å². The Balaban J connectivity index is 2.94. The summed E-state index contributed by atoms with van der Waals surface area (Å²) in [5, 5.41) is 10.6. The molecule has 0 radical (unpaired) electrons. The van der Waals surface area contributed by atoms with Gasteiger partial charge in [-0.2, -0.15) is 0 Å². The Labute approximate surface area is 126 Å². The molecular weight excluding hydrogens is 294 g/mol. The van der Waals surface area contributed by atoms with Crippen molar-refractivity contribution in [2.75, 3.05) is 13.2 Å². The van der Waals surface area contributed by atoms with Gasteiger partial charge in [0, 0.05) is 12.1 Å². The third kappa shape index (κ3) is 5.23. The van der Waals surface area contributed by atoms with Gasteiger partial charge in [-0.1, -0.05) is 0 Å². The molecule has 8 nitrogen and oxygen atoms in total. The van der Waals surface area contributed by atoms with E-state index < -0.39 is 16.9 Å². The summed E-state index contributed by atoms with van der Waals surface area (Å²) in [5.74, 6) is -1.82. The second kappa shape index (κ2) is 8.40. The molecule has 0 N–H and O–H groups in total. The maximum absolute atomic E-state index is 11.7. The minimum atomic E-state index is -0.839. The summed E-state index contributed by atoms with van der Waals surface area (Å²) in [6.07, 6.45) is 0.864. The van der Waals surface area contributed by atoms with Crippen LogP contribution in [0.3, 0.4) is 0 Å². The molecule has 0 bridgehead atoms. The molecule has 0 amide bonds. The van der Waals surface area contributed by atoms with Crippen LogP contribution in [0.25, 0.3) is 0 Å². The molecule has 0 fully saturated rings. The maximum Gasteiger partial charge on any atom is 0.374 e. The molecule has 0 aromatic heterocycles. The first kappa shape index (κ1) is 17.2. The van der Waals surface area contributed by atoms with Crippen LogP contribution in [-0.4, -0.2) is 30.1 Å². The topological polar surface area (TPSA) is 105 Å². The monoisotopic (exact) mass is 309 g/mol. The number of ether oxygens (including phenoxy) is 3. The first-order chi connectivity index (χ1) is 10.5. The van der Waals surface area contributed by atoms with Crippen molar-refractivity contribution in [3.63, 3.8) is 0 Å². The smallest absolute Gasteiger partial charge is 0.374 e. The molecular formula is C14H15NO7. The van der Waals surface area contributed by atoms with Gasteiger partial charge in [-0.15, -0.1) is 0 Å². The number of nitro benzene ring substituents is 1. The molecule has 0 spiro atoms. The molecule has 0 atom stereocenters. The van der Waals surface area contributed by atoms with Crippen molar-refractivity contribution in [2.24, 2.45) is 0 Å². The molecule has 0 saturated heterocycles. The van der Waals surface area contributed by atoms with Crippen LogP contribution in [0, 0.1) is 10.1 Å². The van der Waals surface area contributed by atoms with Gasteiger partial charge in [-0.25, -0.2) is 9.59 Å². The normalized spacial score (nSPS) is 10.7. The summed E-state index contributed by atoms with van der Waals surface area (Å²) < 4.78 is 14.7. The van der Waals surface area contributed by atoms with Crippen LogP contribution in [0.4, 0.5) is 5.69 Å². The number of nitrogens with zero attached hydrogens (tertiary/aromatic N) is 1. The summed E-state index contributed by atoms with van der Waals surface area (Å²) in [4.78, 5) is 33.1. The Hall–Kier alpha value is -2.90. The SMILES string of the molecule is CCOC(=O)C=C(Oc1ccc([N+](=O)[O-])cc1)C(=O)OCC. The van der Waals surface area contributed by atoms with Gasteiger partial charge in [0.05, 0.1) is 24.2 Å². The highest BCUT2D eigenvalue weighted by Crippen LogP contribution is 2.19. The molecule has 8 heteroatoms. The molecule has 0 aliphatic carbocycles. The minimum Gasteiger partial charge on any atom is -0.463 e. The van der Waals surface area contributed by atoms with Gasteiger partial charge in [0.15, 0.2) is 0 Å². The van der Waals surface area contributed by atoms with Crippen LogP contribution in [0.2, 0.25) is 0 Å². The minimum absolute atomic E-state index is 0.0998. The van der Waals surface area contributed by atoms with Crippen molar-refractivity contribution < 1.29 is 28.7 Å². The lowest BCUT2D eigenvalue weighted by Crippen LogP contribution is -2.15. The summed E-state index contributed by atoms with van der Waals surface area (Å²) in [6.45, 7) is 3.46. The number of nitro groups is 1. The molecule has 22 heavy (non-hydrogen) atoms. The van der Waals surface area contributed by atoms with Crippen molar-refractivity contribution in [3.8, 4) is 5.75 Å². The van der Waals surface area contributed by atoms with Crippen LogP contribution in [0.1, 0.15) is 13.8 Å². The zero-order valence-corrected chi connectivity index (χ0v) is 12.1. The van der Waals surface area contributed by atoms with Crippen molar-refractivity contribution in [1.29, 1.82) is 0 Å². The van der Waals surface area contributed by atoms with Gasteiger partial charge in [0.25, 0.3) is 5.69 Å². The van der Waals surface area contributed by atoms with E-state index in [9.17, 15) is 19.7 Å². The van der Waals surface area contributed by atoms with E-state index in [1.165, 1.54) is 24.3 Å². The number of hydrogen-bond acceptors (Lipinski definition) is 7. The number of benzene rings is 1. The van der Waals surface area contributed by atoms with Crippen LogP contribution >= 0.6 is 0 Å². The maximum atomic E-state index is 11.7. The fourth-order valence-corrected chi connectivity index (χ4v) is 1.39. The zero-order valence-electron chi connectivity index (χ0n) is 12.1. The van der Waals surface area contributed by atoms with E-state index in [4.69, 9.17) is 14.2 Å². The van der Waals surface area contributed by atoms with E-state index in [0.717, 1.165) is 6.08 Å². The van der Waals surface area contributed by atoms with Gasteiger partial charge < -0.3 is 14.2 Å². The fraction of sp³-hybridized carbons (Fsp3) is 0.286. The Kier molecular flexibility index (Phi) is 6.55. The highest BCUT2D eigenvalue weighted by atomic mass is 16.6. The molecule has 0 saturated carbocycles. The summed E-state index contributed by atoms with van der Waals surface area (Å²) in [5.41, 5.74) is -0.126. The lowest BCUT2D eigenvalue weighted by molar-refractivity contribution is -0.384. The van der Waals surface area contributed by atoms with E-state index >= 15 is 0 Å². The Bertz CT molecular complexity index is 577. The average molecular weight is 309 g/mol. The van der Waals surface area contributed by atoms with Crippen LogP contribution in [0.5, 0.6) is 5.75 Å². The number of rotatable bonds is 7. The third-order valence-corrected chi connectivity index (χ3v) is 2.29. The predicted octanol–water partition coefficient (Wildman–Crippen LogP) is 1.98. The van der Waals surface area contributed by atoms with Crippen molar-refractivity contribution in [3.05, 3.63) is 46.2 Å². The van der Waals surface area contributed by atoms with Gasteiger partial charge in [0.1, 0.15) is 5.75 Å². The van der Waals surface area contributed by atoms with E-state index in [2.05, 4.69) is 0 Å². The van der Waals surface area contributed by atoms with E-state index in [1.807, 2.05) is 0 Å². The largest absolute Gasteiger partial charge is 0.463 e. The molecule has 1 aromatic carbocycles. The van der Waals surface area contributed by atoms with Crippen molar-refractivity contribution in [2.45, 2.75) is 13.8 Å². The number of carbonyl (C=O) groups excluding carboxylic acids is 2. The molecule has 1 aromatic rings. The van der Waals surface area contributed by atoms with Crippen LogP contribution in [-0.2, 0) is 19.1 Å². The van der Waals surface area contributed by atoms with Gasteiger partial charge in [-0.05, 0) is 26.0 Å². The molecule has 1 rings (SSSR count). The molecule has 0 aliphatic rings. The summed E-state index contributed by atoms with van der Waals surface area (Å²) >= 11 is 0. The van der Waals surface area contributed by atoms with Crippen LogP contribution < -0.4 is 4.74 Å². The Morgan fingerprint density at radius 1 is 1.14 bits per heavy atom. The second-order valence-electron chi connectivity index (χ2n) is 3.83. The Morgan fingerprint density at radius 2 is 1.73 bits per heavy atom. The number of hydrogen-bond donors (Lipinski definition) is 0. The highest BCUT2D eigenvalue weighted by Gasteiger charge is 2.17. The van der Waals surface area contributed by atoms with Crippen LogP contribution in [0.15, 0.2) is 36.1 Å². The zero-order chi connectivity index (χ0) is 16.5. The summed E-state index contributed by atoms with van der Waals surface area (Å²) in [7, 11) is 0. The highest BCUT2D eigenvalue weighted by molar-refractivity contribution is 5.95. The first-order valence-electron chi connectivity index (χ1n) is 6.45. The molecule has 0 unspecified atom stereocenters. The van der Waals surface area contributed by atoms with Crippen molar-refractivity contribution in [1.82, 2.24) is 0 Å². The van der Waals surface area contributed by atoms with Gasteiger partial charge in [0.2, 0.25) is 5.76 Å².